The molecule has 0 spiro atoms. The summed E-state index contributed by atoms with van der Waals surface area (Å²) < 4.78 is 9.23. The molecule has 20 heavy (non-hydrogen) atoms. The highest BCUT2D eigenvalue weighted by Gasteiger charge is 2.04. The molecule has 0 aromatic carbocycles. The van der Waals surface area contributed by atoms with Crippen molar-refractivity contribution >= 4 is 23.5 Å². The lowest BCUT2D eigenvalue weighted by atomic mass is 10.3. The van der Waals surface area contributed by atoms with Gasteiger partial charge < -0.3 is 9.47 Å². The van der Waals surface area contributed by atoms with Crippen LogP contribution in [0.4, 0.5) is 0 Å². The molecule has 0 saturated heterocycles. The second-order valence-corrected chi connectivity index (χ2v) is 4.14. The molecule has 0 aliphatic rings. The molecule has 0 aliphatic carbocycles. The Bertz CT molecular complexity index is 322. The van der Waals surface area contributed by atoms with E-state index in [4.69, 9.17) is 4.74 Å². The van der Waals surface area contributed by atoms with Gasteiger partial charge in [0, 0.05) is 0 Å². The van der Waals surface area contributed by atoms with Crippen LogP contribution in [0.2, 0.25) is 0 Å². The van der Waals surface area contributed by atoms with Gasteiger partial charge in [-0.15, -0.1) is 0 Å². The van der Waals surface area contributed by atoms with Gasteiger partial charge in [-0.2, -0.15) is 0 Å². The zero-order valence-electron chi connectivity index (χ0n) is 12.7. The highest BCUT2D eigenvalue weighted by Crippen LogP contribution is 1.92. The number of carbonyl (C=O) groups is 4. The molecule has 0 heterocycles. The third kappa shape index (κ3) is 18.6. The standard InChI is InChI=1S/C8H14O3.C6H10O3/c1-3-4-5-11-8(10)6-7(2)9;1-3-9-6(8)4-5(2)7/h3-6H2,1-2H3;3-4H2,1-2H3. The number of Topliss-reactive ketones (excluding diaryl/α,β-unsaturated/α-hetero) is 2. The Kier molecular flexibility index (Phi) is 14.1. The topological polar surface area (TPSA) is 86.7 Å². The molecular weight excluding hydrogens is 264 g/mol. The molecule has 0 aliphatic heterocycles. The maximum atomic E-state index is 10.7. The first kappa shape index (κ1) is 20.6. The summed E-state index contributed by atoms with van der Waals surface area (Å²) >= 11 is 0. The van der Waals surface area contributed by atoms with Crippen LogP contribution in [0.3, 0.4) is 0 Å². The molecule has 0 atom stereocenters. The Hall–Kier alpha value is -1.72. The molecule has 0 N–H and O–H groups in total. The van der Waals surface area contributed by atoms with Crippen LogP contribution in [-0.2, 0) is 28.7 Å². The predicted molar refractivity (Wildman–Crippen MR) is 73.1 cm³/mol. The van der Waals surface area contributed by atoms with Gasteiger partial charge in [0.2, 0.25) is 0 Å². The second-order valence-electron chi connectivity index (χ2n) is 4.14. The summed E-state index contributed by atoms with van der Waals surface area (Å²) in [5.41, 5.74) is 0. The highest BCUT2D eigenvalue weighted by molar-refractivity contribution is 5.94. The third-order valence-corrected chi connectivity index (χ3v) is 1.85. The largest absolute Gasteiger partial charge is 0.466 e. The number of rotatable bonds is 8. The van der Waals surface area contributed by atoms with E-state index in [0.29, 0.717) is 13.2 Å². The van der Waals surface area contributed by atoms with Crippen molar-refractivity contribution < 1.29 is 28.7 Å². The zero-order valence-corrected chi connectivity index (χ0v) is 12.7. The fourth-order valence-electron chi connectivity index (χ4n) is 1.000. The quantitative estimate of drug-likeness (QED) is 0.385. The molecule has 6 heteroatoms. The predicted octanol–water partition coefficient (Wildman–Crippen LogP) is 1.84. The first-order valence-corrected chi connectivity index (χ1v) is 6.63. The van der Waals surface area contributed by atoms with Crippen molar-refractivity contribution in [3.8, 4) is 0 Å². The molecule has 0 radical (unpaired) electrons. The van der Waals surface area contributed by atoms with E-state index in [0.717, 1.165) is 12.8 Å². The summed E-state index contributed by atoms with van der Waals surface area (Å²) in [5.74, 6) is -1.16. The SMILES string of the molecule is CCCCOC(=O)CC(C)=O.CCOC(=O)CC(C)=O. The van der Waals surface area contributed by atoms with Crippen LogP contribution in [0.15, 0.2) is 0 Å². The number of esters is 2. The smallest absolute Gasteiger partial charge is 0.313 e. The van der Waals surface area contributed by atoms with Crippen LogP contribution in [-0.4, -0.2) is 36.7 Å². The number of ether oxygens (including phenoxy) is 2. The number of unbranched alkanes of at least 4 members (excludes halogenated alkanes) is 1. The number of hydrogen-bond donors (Lipinski definition) is 0. The van der Waals surface area contributed by atoms with Crippen molar-refractivity contribution in [3.63, 3.8) is 0 Å². The van der Waals surface area contributed by atoms with Gasteiger partial charge in [0.1, 0.15) is 24.4 Å². The van der Waals surface area contributed by atoms with Crippen molar-refractivity contribution in [2.24, 2.45) is 0 Å². The summed E-state index contributed by atoms with van der Waals surface area (Å²) in [4.78, 5) is 41.7. The minimum atomic E-state index is -0.440. The maximum Gasteiger partial charge on any atom is 0.313 e. The van der Waals surface area contributed by atoms with Crippen molar-refractivity contribution in [3.05, 3.63) is 0 Å². The third-order valence-electron chi connectivity index (χ3n) is 1.85. The van der Waals surface area contributed by atoms with E-state index in [1.54, 1.807) is 6.92 Å². The van der Waals surface area contributed by atoms with Crippen molar-refractivity contribution in [1.82, 2.24) is 0 Å². The summed E-state index contributed by atoms with van der Waals surface area (Å²) in [5, 5.41) is 0. The highest BCUT2D eigenvalue weighted by atomic mass is 16.5. The fraction of sp³-hybridized carbons (Fsp3) is 0.714. The van der Waals surface area contributed by atoms with Crippen LogP contribution < -0.4 is 0 Å². The number of hydrogen-bond acceptors (Lipinski definition) is 6. The Morgan fingerprint density at radius 3 is 1.60 bits per heavy atom. The summed E-state index contributed by atoms with van der Waals surface area (Å²) in [6, 6.07) is 0. The van der Waals surface area contributed by atoms with Gasteiger partial charge in [0.05, 0.1) is 13.2 Å². The second kappa shape index (κ2) is 13.7. The van der Waals surface area contributed by atoms with Gasteiger partial charge in [0.15, 0.2) is 0 Å². The van der Waals surface area contributed by atoms with Crippen LogP contribution >= 0.6 is 0 Å². The maximum absolute atomic E-state index is 10.7. The first-order chi connectivity index (χ1) is 9.33. The molecule has 6 nitrogen and oxygen atoms in total. The van der Waals surface area contributed by atoms with E-state index in [1.807, 2.05) is 6.92 Å². The summed E-state index contributed by atoms with van der Waals surface area (Å²) in [6.07, 6.45) is 1.66. The molecule has 0 fully saturated rings. The van der Waals surface area contributed by atoms with Gasteiger partial charge in [-0.3, -0.25) is 19.2 Å². The molecule has 0 bridgehead atoms. The van der Waals surface area contributed by atoms with E-state index in [-0.39, 0.29) is 24.4 Å². The van der Waals surface area contributed by atoms with Gasteiger partial charge in [-0.1, -0.05) is 13.3 Å². The fourth-order valence-corrected chi connectivity index (χ4v) is 1.000. The van der Waals surface area contributed by atoms with Crippen LogP contribution in [0.1, 0.15) is 53.4 Å². The number of carbonyl (C=O) groups excluding carboxylic acids is 4. The number of ketones is 2. The zero-order chi connectivity index (χ0) is 16.0. The van der Waals surface area contributed by atoms with Gasteiger partial charge in [-0.05, 0) is 27.2 Å². The van der Waals surface area contributed by atoms with E-state index in [2.05, 4.69) is 4.74 Å². The van der Waals surface area contributed by atoms with Gasteiger partial charge >= 0.3 is 11.9 Å². The van der Waals surface area contributed by atoms with E-state index < -0.39 is 11.9 Å². The lowest BCUT2D eigenvalue weighted by Crippen LogP contribution is -2.09. The van der Waals surface area contributed by atoms with Gasteiger partial charge in [0.25, 0.3) is 0 Å². The Labute approximate surface area is 119 Å². The van der Waals surface area contributed by atoms with Crippen molar-refractivity contribution in [1.29, 1.82) is 0 Å². The van der Waals surface area contributed by atoms with Crippen LogP contribution in [0.5, 0.6) is 0 Å². The molecule has 0 aromatic rings. The van der Waals surface area contributed by atoms with Crippen LogP contribution in [0, 0.1) is 0 Å². The minimum Gasteiger partial charge on any atom is -0.466 e. The minimum absolute atomic E-state index is 0.0935. The monoisotopic (exact) mass is 288 g/mol. The molecule has 0 unspecified atom stereocenters. The molecule has 116 valence electrons. The van der Waals surface area contributed by atoms with Gasteiger partial charge in [-0.25, -0.2) is 0 Å². The normalized spacial score (nSPS) is 9.00. The lowest BCUT2D eigenvalue weighted by molar-refractivity contribution is -0.147. The Balaban J connectivity index is 0. The average Bonchev–Trinajstić information content (AvgIpc) is 2.28. The van der Waals surface area contributed by atoms with E-state index in [9.17, 15) is 19.2 Å². The molecular formula is C14H24O6. The first-order valence-electron chi connectivity index (χ1n) is 6.63. The molecule has 0 amide bonds. The summed E-state index contributed by atoms with van der Waals surface area (Å²) in [7, 11) is 0. The van der Waals surface area contributed by atoms with Crippen LogP contribution in [0.25, 0.3) is 0 Å². The molecule has 0 rings (SSSR count). The molecule has 0 aromatic heterocycles. The van der Waals surface area contributed by atoms with Crippen molar-refractivity contribution in [2.75, 3.05) is 13.2 Å². The van der Waals surface area contributed by atoms with E-state index >= 15 is 0 Å². The average molecular weight is 288 g/mol. The lowest BCUT2D eigenvalue weighted by Gasteiger charge is -2.00. The molecule has 0 saturated carbocycles. The van der Waals surface area contributed by atoms with Crippen molar-refractivity contribution in [2.45, 2.75) is 53.4 Å². The Morgan fingerprint density at radius 2 is 1.25 bits per heavy atom. The summed E-state index contributed by atoms with van der Waals surface area (Å²) in [6.45, 7) is 7.23. The van der Waals surface area contributed by atoms with E-state index in [1.165, 1.54) is 13.8 Å². The Morgan fingerprint density at radius 1 is 0.800 bits per heavy atom.